The van der Waals surface area contributed by atoms with Crippen LogP contribution in [-0.4, -0.2) is 54.4 Å². The lowest BCUT2D eigenvalue weighted by Crippen LogP contribution is -2.61. The standard InChI is InChI=1S/C14H17F2NO4/c1-20-12-11(18)7-17(9-14(12,15)16)13(19)21-8-10-5-3-2-4-6-10/h2-6,11-12,18H,7-9H2,1H3/t11-,12-/m1/s1. The van der Waals surface area contributed by atoms with E-state index in [4.69, 9.17) is 4.74 Å². The van der Waals surface area contributed by atoms with Crippen molar-refractivity contribution in [1.29, 1.82) is 0 Å². The minimum atomic E-state index is -3.32. The van der Waals surface area contributed by atoms with Gasteiger partial charge in [0.05, 0.1) is 13.1 Å². The highest BCUT2D eigenvalue weighted by atomic mass is 19.3. The molecule has 116 valence electrons. The number of piperidine rings is 1. The van der Waals surface area contributed by atoms with Crippen LogP contribution >= 0.6 is 0 Å². The Bertz CT molecular complexity index is 483. The Morgan fingerprint density at radius 1 is 1.43 bits per heavy atom. The third-order valence-corrected chi connectivity index (χ3v) is 3.29. The van der Waals surface area contributed by atoms with Crippen LogP contribution in [0.15, 0.2) is 30.3 Å². The van der Waals surface area contributed by atoms with Crippen LogP contribution in [-0.2, 0) is 16.1 Å². The van der Waals surface area contributed by atoms with Gasteiger partial charge in [0.25, 0.3) is 5.92 Å². The van der Waals surface area contributed by atoms with Crippen molar-refractivity contribution in [3.05, 3.63) is 35.9 Å². The second-order valence-electron chi connectivity index (χ2n) is 4.91. The van der Waals surface area contributed by atoms with Gasteiger partial charge in [-0.25, -0.2) is 13.6 Å². The quantitative estimate of drug-likeness (QED) is 0.922. The Morgan fingerprint density at radius 2 is 2.10 bits per heavy atom. The van der Waals surface area contributed by atoms with Crippen molar-refractivity contribution < 1.29 is 28.2 Å². The molecular weight excluding hydrogens is 284 g/mol. The summed E-state index contributed by atoms with van der Waals surface area (Å²) in [5, 5.41) is 9.65. The molecule has 2 rings (SSSR count). The molecule has 0 unspecified atom stereocenters. The summed E-state index contributed by atoms with van der Waals surface area (Å²) in [6.45, 7) is -1.09. The summed E-state index contributed by atoms with van der Waals surface area (Å²) in [5.41, 5.74) is 0.755. The van der Waals surface area contributed by atoms with Crippen molar-refractivity contribution in [1.82, 2.24) is 4.90 Å². The van der Waals surface area contributed by atoms with Crippen LogP contribution in [0.3, 0.4) is 0 Å². The molecule has 0 spiro atoms. The van der Waals surface area contributed by atoms with Gasteiger partial charge in [-0.05, 0) is 5.56 Å². The predicted octanol–water partition coefficient (Wildman–Crippen LogP) is 1.65. The smallest absolute Gasteiger partial charge is 0.410 e. The van der Waals surface area contributed by atoms with E-state index in [9.17, 15) is 18.7 Å². The lowest BCUT2D eigenvalue weighted by molar-refractivity contribution is -0.199. The number of aliphatic hydroxyl groups is 1. The van der Waals surface area contributed by atoms with Gasteiger partial charge in [0.1, 0.15) is 18.8 Å². The topological polar surface area (TPSA) is 59.0 Å². The highest BCUT2D eigenvalue weighted by Crippen LogP contribution is 2.30. The van der Waals surface area contributed by atoms with Crippen LogP contribution in [0.4, 0.5) is 13.6 Å². The average Bonchev–Trinajstić information content (AvgIpc) is 2.44. The zero-order chi connectivity index (χ0) is 15.5. The molecular formula is C14H17F2NO4. The number of likely N-dealkylation sites (tertiary alicyclic amines) is 1. The van der Waals surface area contributed by atoms with E-state index in [1.165, 1.54) is 0 Å². The number of benzene rings is 1. The zero-order valence-electron chi connectivity index (χ0n) is 11.5. The molecule has 5 nitrogen and oxygen atoms in total. The molecule has 1 saturated heterocycles. The number of alkyl halides is 2. The van der Waals surface area contributed by atoms with Gasteiger partial charge >= 0.3 is 6.09 Å². The molecule has 0 aromatic heterocycles. The molecule has 21 heavy (non-hydrogen) atoms. The van der Waals surface area contributed by atoms with Gasteiger partial charge in [-0.3, -0.25) is 4.90 Å². The first-order valence-electron chi connectivity index (χ1n) is 6.48. The third-order valence-electron chi connectivity index (χ3n) is 3.29. The highest BCUT2D eigenvalue weighted by molar-refractivity contribution is 5.68. The maximum atomic E-state index is 13.8. The monoisotopic (exact) mass is 301 g/mol. The third kappa shape index (κ3) is 3.68. The van der Waals surface area contributed by atoms with Gasteiger partial charge < -0.3 is 14.6 Å². The molecule has 0 radical (unpaired) electrons. The first-order chi connectivity index (χ1) is 9.94. The van der Waals surface area contributed by atoms with Crippen LogP contribution in [0, 0.1) is 0 Å². The van der Waals surface area contributed by atoms with Crippen molar-refractivity contribution in [3.8, 4) is 0 Å². The first kappa shape index (κ1) is 15.7. The van der Waals surface area contributed by atoms with Crippen molar-refractivity contribution >= 4 is 6.09 Å². The van der Waals surface area contributed by atoms with Crippen molar-refractivity contribution in [3.63, 3.8) is 0 Å². The molecule has 1 aromatic carbocycles. The number of amides is 1. The Hall–Kier alpha value is -1.73. The van der Waals surface area contributed by atoms with Crippen molar-refractivity contribution in [2.75, 3.05) is 20.2 Å². The van der Waals surface area contributed by atoms with Gasteiger partial charge in [-0.2, -0.15) is 0 Å². The number of ether oxygens (including phenoxy) is 2. The minimum Gasteiger partial charge on any atom is -0.445 e. The maximum absolute atomic E-state index is 13.8. The van der Waals surface area contributed by atoms with Crippen LogP contribution < -0.4 is 0 Å². The molecule has 0 aliphatic carbocycles. The second kappa shape index (κ2) is 6.36. The van der Waals surface area contributed by atoms with Crippen molar-refractivity contribution in [2.24, 2.45) is 0 Å². The van der Waals surface area contributed by atoms with Crippen LogP contribution in [0.25, 0.3) is 0 Å². The molecule has 0 bridgehead atoms. The number of hydrogen-bond donors (Lipinski definition) is 1. The summed E-state index contributed by atoms with van der Waals surface area (Å²) in [5.74, 6) is -3.32. The molecule has 2 atom stereocenters. The molecule has 7 heteroatoms. The van der Waals surface area contributed by atoms with Crippen LogP contribution in [0.2, 0.25) is 0 Å². The van der Waals surface area contributed by atoms with E-state index < -0.39 is 30.8 Å². The van der Waals surface area contributed by atoms with Gasteiger partial charge in [-0.1, -0.05) is 30.3 Å². The number of aliphatic hydroxyl groups excluding tert-OH is 1. The molecule has 1 N–H and O–H groups in total. The van der Waals surface area contributed by atoms with E-state index >= 15 is 0 Å². The lowest BCUT2D eigenvalue weighted by Gasteiger charge is -2.39. The Kier molecular flexibility index (Phi) is 4.74. The first-order valence-corrected chi connectivity index (χ1v) is 6.48. The fourth-order valence-corrected chi connectivity index (χ4v) is 2.29. The molecule has 1 aromatic rings. The molecule has 1 fully saturated rings. The van der Waals surface area contributed by atoms with E-state index in [1.54, 1.807) is 24.3 Å². The summed E-state index contributed by atoms with van der Waals surface area (Å²) in [6.07, 6.45) is -3.95. The zero-order valence-corrected chi connectivity index (χ0v) is 11.5. The van der Waals surface area contributed by atoms with E-state index in [1.807, 2.05) is 6.07 Å². The molecule has 1 heterocycles. The number of carbonyl (C=O) groups excluding carboxylic acids is 1. The summed E-state index contributed by atoms with van der Waals surface area (Å²) < 4.78 is 37.1. The van der Waals surface area contributed by atoms with Crippen molar-refractivity contribution in [2.45, 2.75) is 24.7 Å². The normalized spacial score (nSPS) is 24.7. The molecule has 0 saturated carbocycles. The molecule has 1 aliphatic heterocycles. The van der Waals surface area contributed by atoms with Gasteiger partial charge in [0.15, 0.2) is 0 Å². The number of rotatable bonds is 3. The number of methoxy groups -OCH3 is 1. The summed E-state index contributed by atoms with van der Waals surface area (Å²) in [4.78, 5) is 12.6. The van der Waals surface area contributed by atoms with Gasteiger partial charge in [0.2, 0.25) is 0 Å². The summed E-state index contributed by atoms with van der Waals surface area (Å²) >= 11 is 0. The second-order valence-corrected chi connectivity index (χ2v) is 4.91. The summed E-state index contributed by atoms with van der Waals surface area (Å²) in [7, 11) is 1.10. The average molecular weight is 301 g/mol. The number of halogens is 2. The molecule has 1 amide bonds. The fourth-order valence-electron chi connectivity index (χ4n) is 2.29. The highest BCUT2D eigenvalue weighted by Gasteiger charge is 2.51. The van der Waals surface area contributed by atoms with Gasteiger partial charge in [0, 0.05) is 7.11 Å². The largest absolute Gasteiger partial charge is 0.445 e. The predicted molar refractivity (Wildman–Crippen MR) is 70.0 cm³/mol. The fraction of sp³-hybridized carbons (Fsp3) is 0.500. The number of β-amino-alcohol motifs (C(OH)–C–C–N with tert-alkyl or cyclic N) is 1. The lowest BCUT2D eigenvalue weighted by atomic mass is 10.0. The Balaban J connectivity index is 1.94. The Labute approximate surface area is 121 Å². The number of carbonyl (C=O) groups is 1. The maximum Gasteiger partial charge on any atom is 0.410 e. The number of nitrogens with zero attached hydrogens (tertiary/aromatic N) is 1. The number of hydrogen-bond acceptors (Lipinski definition) is 4. The van der Waals surface area contributed by atoms with Crippen LogP contribution in [0.1, 0.15) is 5.56 Å². The molecule has 1 aliphatic rings. The summed E-state index contributed by atoms with van der Waals surface area (Å²) in [6, 6.07) is 8.90. The van der Waals surface area contributed by atoms with E-state index in [2.05, 4.69) is 4.74 Å². The minimum absolute atomic E-state index is 0.00839. The van der Waals surface area contributed by atoms with E-state index in [0.29, 0.717) is 0 Å². The van der Waals surface area contributed by atoms with Gasteiger partial charge in [-0.15, -0.1) is 0 Å². The SMILES string of the molecule is CO[C@@H]1[C@H](O)CN(C(=O)OCc2ccccc2)CC1(F)F. The van der Waals surface area contributed by atoms with E-state index in [0.717, 1.165) is 17.6 Å². The van der Waals surface area contributed by atoms with Crippen LogP contribution in [0.5, 0.6) is 0 Å². The van der Waals surface area contributed by atoms with E-state index in [-0.39, 0.29) is 13.2 Å². The Morgan fingerprint density at radius 3 is 2.67 bits per heavy atom.